The maximum Gasteiger partial charge on any atom is 0.347 e. The molecule has 0 aliphatic heterocycles. The summed E-state index contributed by atoms with van der Waals surface area (Å²) in [7, 11) is 0. The minimum absolute atomic E-state index is 0.363. The number of carboxylic acid groups (broad SMARTS) is 1. The Kier molecular flexibility index (Phi) is 4.57. The van der Waals surface area contributed by atoms with Gasteiger partial charge in [0.2, 0.25) is 0 Å². The zero-order valence-corrected chi connectivity index (χ0v) is 13.7. The van der Waals surface area contributed by atoms with E-state index < -0.39 is 5.97 Å². The first-order valence-electron chi connectivity index (χ1n) is 5.96. The van der Waals surface area contributed by atoms with E-state index in [2.05, 4.69) is 41.4 Å². The smallest absolute Gasteiger partial charge is 0.347 e. The summed E-state index contributed by atoms with van der Waals surface area (Å²) in [6.45, 7) is 4.13. The maximum absolute atomic E-state index is 11.3. The summed E-state index contributed by atoms with van der Waals surface area (Å²) in [6.07, 6.45) is 0.696. The minimum Gasteiger partial charge on any atom is -0.477 e. The highest BCUT2D eigenvalue weighted by molar-refractivity contribution is 14.1. The first-order valence-corrected chi connectivity index (χ1v) is 7.86. The van der Waals surface area contributed by atoms with Gasteiger partial charge in [0.15, 0.2) is 0 Å². The molecule has 2 aromatic rings. The van der Waals surface area contributed by atoms with Gasteiger partial charge in [0, 0.05) is 9.13 Å². The zero-order valence-electron chi connectivity index (χ0n) is 10.7. The lowest BCUT2D eigenvalue weighted by atomic mass is 10.1. The summed E-state index contributed by atoms with van der Waals surface area (Å²) in [4.78, 5) is 16.2. The second kappa shape index (κ2) is 6.00. The lowest BCUT2D eigenvalue weighted by Crippen LogP contribution is -2.02. The summed E-state index contributed by atoms with van der Waals surface area (Å²) in [5.41, 5.74) is 1.68. The van der Waals surface area contributed by atoms with Crippen LogP contribution in [0.5, 0.6) is 0 Å². The minimum atomic E-state index is -0.884. The molecular weight excluding hydrogens is 373 g/mol. The first-order chi connectivity index (χ1) is 8.97. The van der Waals surface area contributed by atoms with Crippen LogP contribution < -0.4 is 0 Å². The normalized spacial score (nSPS) is 10.9. The number of hydrogen-bond donors (Lipinski definition) is 1. The van der Waals surface area contributed by atoms with E-state index in [9.17, 15) is 9.90 Å². The topological polar surface area (TPSA) is 50.2 Å². The molecule has 0 amide bonds. The average molecular weight is 387 g/mol. The molecule has 0 unspecified atom stereocenters. The number of halogens is 1. The van der Waals surface area contributed by atoms with Crippen molar-refractivity contribution in [1.29, 1.82) is 0 Å². The molecular formula is C14H14INO2S. The van der Waals surface area contributed by atoms with Crippen molar-refractivity contribution < 1.29 is 9.90 Å². The van der Waals surface area contributed by atoms with Crippen LogP contribution in [0.25, 0.3) is 10.6 Å². The van der Waals surface area contributed by atoms with Gasteiger partial charge in [0.25, 0.3) is 0 Å². The lowest BCUT2D eigenvalue weighted by molar-refractivity contribution is 0.0700. The highest BCUT2D eigenvalue weighted by Gasteiger charge is 2.18. The van der Waals surface area contributed by atoms with Gasteiger partial charge in [-0.1, -0.05) is 26.0 Å². The van der Waals surface area contributed by atoms with E-state index in [0.717, 1.165) is 14.1 Å². The van der Waals surface area contributed by atoms with Crippen LogP contribution in [-0.2, 0) is 6.42 Å². The molecule has 1 N–H and O–H groups in total. The molecule has 100 valence electrons. The number of nitrogens with zero attached hydrogens (tertiary/aromatic N) is 1. The van der Waals surface area contributed by atoms with E-state index in [-0.39, 0.29) is 0 Å². The molecule has 0 spiro atoms. The standard InChI is InChI=1S/C14H14INO2S/c1-8(2)6-11-12(14(17)18)19-13(16-11)9-4-3-5-10(15)7-9/h3-5,7-8H,6H2,1-2H3,(H,17,18). The average Bonchev–Trinajstić information content (AvgIpc) is 2.72. The molecule has 3 nitrogen and oxygen atoms in total. The number of carboxylic acids is 1. The third-order valence-electron chi connectivity index (χ3n) is 2.56. The molecule has 1 aromatic carbocycles. The van der Waals surface area contributed by atoms with Gasteiger partial charge in [0.1, 0.15) is 9.88 Å². The summed E-state index contributed by atoms with van der Waals surface area (Å²) < 4.78 is 1.12. The highest BCUT2D eigenvalue weighted by Crippen LogP contribution is 2.30. The van der Waals surface area contributed by atoms with Gasteiger partial charge in [-0.3, -0.25) is 0 Å². The fraction of sp³-hybridized carbons (Fsp3) is 0.286. The molecule has 2 rings (SSSR count). The van der Waals surface area contributed by atoms with Crippen LogP contribution in [0, 0.1) is 9.49 Å². The van der Waals surface area contributed by atoms with Crippen molar-refractivity contribution >= 4 is 39.9 Å². The van der Waals surface area contributed by atoms with Gasteiger partial charge in [-0.05, 0) is 47.1 Å². The fourth-order valence-electron chi connectivity index (χ4n) is 1.79. The van der Waals surface area contributed by atoms with Gasteiger partial charge < -0.3 is 5.11 Å². The van der Waals surface area contributed by atoms with Crippen molar-refractivity contribution in [3.8, 4) is 10.6 Å². The monoisotopic (exact) mass is 387 g/mol. The van der Waals surface area contributed by atoms with Crippen molar-refractivity contribution in [1.82, 2.24) is 4.98 Å². The number of aromatic nitrogens is 1. The molecule has 0 aliphatic carbocycles. The first kappa shape index (κ1) is 14.5. The van der Waals surface area contributed by atoms with Gasteiger partial charge in [-0.25, -0.2) is 9.78 Å². The number of rotatable bonds is 4. The zero-order chi connectivity index (χ0) is 14.0. The lowest BCUT2D eigenvalue weighted by Gasteiger charge is -2.01. The van der Waals surface area contributed by atoms with E-state index in [0.29, 0.717) is 22.9 Å². The number of hydrogen-bond acceptors (Lipinski definition) is 3. The van der Waals surface area contributed by atoms with E-state index >= 15 is 0 Å². The fourth-order valence-corrected chi connectivity index (χ4v) is 3.26. The maximum atomic E-state index is 11.3. The largest absolute Gasteiger partial charge is 0.477 e. The van der Waals surface area contributed by atoms with Gasteiger partial charge in [0.05, 0.1) is 5.69 Å². The summed E-state index contributed by atoms with van der Waals surface area (Å²) in [5.74, 6) is -0.492. The molecule has 0 saturated carbocycles. The third kappa shape index (κ3) is 3.54. The number of thiazole rings is 1. The molecule has 0 fully saturated rings. The quantitative estimate of drug-likeness (QED) is 0.796. The number of aromatic carboxylic acids is 1. The second-order valence-electron chi connectivity index (χ2n) is 4.71. The molecule has 0 bridgehead atoms. The van der Waals surface area contributed by atoms with E-state index in [1.807, 2.05) is 24.3 Å². The van der Waals surface area contributed by atoms with Crippen LogP contribution in [0.3, 0.4) is 0 Å². The Morgan fingerprint density at radius 1 is 1.47 bits per heavy atom. The number of benzene rings is 1. The van der Waals surface area contributed by atoms with Gasteiger partial charge >= 0.3 is 5.97 Å². The van der Waals surface area contributed by atoms with Crippen LogP contribution in [0.4, 0.5) is 0 Å². The molecule has 0 saturated heterocycles. The van der Waals surface area contributed by atoms with Crippen LogP contribution in [-0.4, -0.2) is 16.1 Å². The predicted octanol–water partition coefficient (Wildman–Crippen LogP) is 4.31. The third-order valence-corrected chi connectivity index (χ3v) is 4.37. The molecule has 1 aromatic heterocycles. The Bertz CT molecular complexity index is 607. The summed E-state index contributed by atoms with van der Waals surface area (Å²) >= 11 is 3.50. The molecule has 0 aliphatic rings. The number of carbonyl (C=O) groups is 1. The molecule has 0 atom stereocenters. The van der Waals surface area contributed by atoms with Gasteiger partial charge in [-0.15, -0.1) is 11.3 Å². The summed E-state index contributed by atoms with van der Waals surface area (Å²) in [6, 6.07) is 7.95. The molecule has 19 heavy (non-hydrogen) atoms. The van der Waals surface area contributed by atoms with Crippen molar-refractivity contribution in [2.45, 2.75) is 20.3 Å². The van der Waals surface area contributed by atoms with Gasteiger partial charge in [-0.2, -0.15) is 0 Å². The van der Waals surface area contributed by atoms with Crippen LogP contribution in [0.15, 0.2) is 24.3 Å². The van der Waals surface area contributed by atoms with Crippen molar-refractivity contribution in [2.24, 2.45) is 5.92 Å². The Balaban J connectivity index is 2.45. The Morgan fingerprint density at radius 3 is 2.79 bits per heavy atom. The Hall–Kier alpha value is -0.950. The van der Waals surface area contributed by atoms with E-state index in [4.69, 9.17) is 0 Å². The molecule has 0 radical (unpaired) electrons. The predicted molar refractivity (Wildman–Crippen MR) is 85.8 cm³/mol. The molecule has 5 heteroatoms. The summed E-state index contributed by atoms with van der Waals surface area (Å²) in [5, 5.41) is 10.0. The Morgan fingerprint density at radius 2 is 2.21 bits per heavy atom. The van der Waals surface area contributed by atoms with E-state index in [1.54, 1.807) is 0 Å². The van der Waals surface area contributed by atoms with Crippen LogP contribution >= 0.6 is 33.9 Å². The van der Waals surface area contributed by atoms with Crippen molar-refractivity contribution in [3.05, 3.63) is 38.4 Å². The van der Waals surface area contributed by atoms with Crippen LogP contribution in [0.2, 0.25) is 0 Å². The van der Waals surface area contributed by atoms with Crippen molar-refractivity contribution in [3.63, 3.8) is 0 Å². The van der Waals surface area contributed by atoms with Crippen LogP contribution in [0.1, 0.15) is 29.2 Å². The van der Waals surface area contributed by atoms with Crippen molar-refractivity contribution in [2.75, 3.05) is 0 Å². The SMILES string of the molecule is CC(C)Cc1nc(-c2cccc(I)c2)sc1C(=O)O. The highest BCUT2D eigenvalue weighted by atomic mass is 127. The second-order valence-corrected chi connectivity index (χ2v) is 6.95. The molecule has 1 heterocycles. The van der Waals surface area contributed by atoms with E-state index in [1.165, 1.54) is 11.3 Å². The Labute approximate surface area is 129 Å².